The molecule has 1 unspecified atom stereocenters. The lowest BCUT2D eigenvalue weighted by atomic mass is 10.5. The summed E-state index contributed by atoms with van der Waals surface area (Å²) in [6.07, 6.45) is -1.92. The van der Waals surface area contributed by atoms with Gasteiger partial charge in [0.05, 0.1) is 1.37 Å². The normalized spacial score (nSPS) is 35.2. The molecule has 0 aromatic rings. The van der Waals surface area contributed by atoms with Crippen molar-refractivity contribution in [2.24, 2.45) is 0 Å². The largest absolute Gasteiger partial charge is 0.394 e. The van der Waals surface area contributed by atoms with Gasteiger partial charge in [0.15, 0.2) is 0 Å². The zero-order valence-electron chi connectivity index (χ0n) is 5.52. The first kappa shape index (κ1) is 0.977. The first-order valence-corrected chi connectivity index (χ1v) is 1.01. The summed E-state index contributed by atoms with van der Waals surface area (Å²) in [6, 6.07) is 0. The van der Waals surface area contributed by atoms with Gasteiger partial charge in [-0.2, -0.15) is 0 Å². The molecular weight excluding hydrogens is 52.0 g/mol. The lowest BCUT2D eigenvalue weighted by Gasteiger charge is -1.80. The fourth-order valence-corrected chi connectivity index (χ4v) is 0. The van der Waals surface area contributed by atoms with Gasteiger partial charge < -0.3 is 5.11 Å². The Morgan fingerprint density at radius 3 is 2.75 bits per heavy atom. The first-order chi connectivity index (χ1) is 2.94. The zero-order chi connectivity index (χ0) is 6.08. The zero-order valence-corrected chi connectivity index (χ0v) is 2.52. The maximum atomic E-state index is 8.39. The minimum Gasteiger partial charge on any atom is -0.394 e. The second kappa shape index (κ2) is 1.30. The number of rotatable bonds is 0. The highest BCUT2D eigenvalue weighted by Crippen LogP contribution is 1.65. The van der Waals surface area contributed by atoms with Gasteiger partial charge in [0, 0.05) is 8.82 Å². The molecule has 1 atom stereocenters. The van der Waals surface area contributed by atoms with E-state index >= 15 is 0 Å². The van der Waals surface area contributed by atoms with E-state index < -0.39 is 13.0 Å². The van der Waals surface area contributed by atoms with Crippen molar-refractivity contribution in [1.29, 1.82) is 0 Å². The van der Waals surface area contributed by atoms with E-state index in [0.29, 0.717) is 0 Å². The Hall–Kier alpha value is -0.0400. The summed E-state index contributed by atoms with van der Waals surface area (Å²) < 4.78 is 19.5. The molecule has 1 heteroatoms. The highest BCUT2D eigenvalue weighted by Gasteiger charge is 1.69. The summed E-state index contributed by atoms with van der Waals surface area (Å²) >= 11 is 0. The molecule has 0 aliphatic heterocycles. The monoisotopic (exact) mass is 66.1 g/mol. The molecule has 0 bridgehead atoms. The molecule has 0 aliphatic rings. The van der Waals surface area contributed by atoms with Crippen molar-refractivity contribution < 1.29 is 9.22 Å². The molecule has 0 rings (SSSR count). The third-order valence-corrected chi connectivity index (χ3v) is 0. The Bertz CT molecular complexity index is 55.7. The molecule has 4 heavy (non-hydrogen) atoms. The third kappa shape index (κ3) is 1130. The van der Waals surface area contributed by atoms with Gasteiger partial charge in [0.1, 0.15) is 0 Å². The summed E-state index contributed by atoms with van der Waals surface area (Å²) in [6.45, 7) is -0.370. The van der Waals surface area contributed by atoms with Crippen molar-refractivity contribution in [2.45, 2.75) is 19.9 Å². The van der Waals surface area contributed by atoms with Crippen LogP contribution in [0.3, 0.4) is 0 Å². The summed E-state index contributed by atoms with van der Waals surface area (Å²) in [5, 5.41) is 8.39. The Balaban J connectivity index is 3.54. The lowest BCUT2D eigenvalue weighted by molar-refractivity contribution is 0.216. The van der Waals surface area contributed by atoms with Crippen LogP contribution in [0.2, 0.25) is 0 Å². The van der Waals surface area contributed by atoms with Crippen LogP contribution in [0.15, 0.2) is 0 Å². The van der Waals surface area contributed by atoms with Gasteiger partial charge in [-0.05, 0) is 13.8 Å². The van der Waals surface area contributed by atoms with Crippen molar-refractivity contribution in [3.63, 3.8) is 0 Å². The summed E-state index contributed by atoms with van der Waals surface area (Å²) in [5.74, 6) is 0. The smallest absolute Gasteiger partial charge is 0.0594 e. The maximum Gasteiger partial charge on any atom is 0.0594 e. The van der Waals surface area contributed by atoms with Gasteiger partial charge >= 0.3 is 0 Å². The van der Waals surface area contributed by atoms with E-state index in [1.54, 1.807) is 0 Å². The van der Waals surface area contributed by atoms with E-state index in [1.807, 2.05) is 0 Å². The van der Waals surface area contributed by atoms with Crippen LogP contribution in [0.4, 0.5) is 0 Å². The van der Waals surface area contributed by atoms with Crippen molar-refractivity contribution >= 4 is 0 Å². The Kier molecular flexibility index (Phi) is 0.317. The van der Waals surface area contributed by atoms with Crippen molar-refractivity contribution in [1.82, 2.24) is 0 Å². The molecule has 0 radical (unpaired) electrons. The van der Waals surface area contributed by atoms with Crippen LogP contribution < -0.4 is 0 Å². The molecule has 0 spiro atoms. The van der Waals surface area contributed by atoms with Gasteiger partial charge in [-0.25, -0.2) is 0 Å². The molecule has 1 N–H and O–H groups in total. The SMILES string of the molecule is [3H]C([3H])C([3H])(C)O. The molecule has 0 fully saturated rings. The van der Waals surface area contributed by atoms with Crippen LogP contribution in [0, 0.1) is 0 Å². The fraction of sp³-hybridized carbons (Fsp3) is 1.00. The molecule has 1 nitrogen and oxygen atoms in total. The molecule has 0 saturated heterocycles. The summed E-state index contributed by atoms with van der Waals surface area (Å²) in [5.41, 5.74) is 0. The molecule has 0 aliphatic carbocycles. The summed E-state index contributed by atoms with van der Waals surface area (Å²) in [7, 11) is 0. The van der Waals surface area contributed by atoms with Crippen LogP contribution in [0.25, 0.3) is 0 Å². The highest BCUT2D eigenvalue weighted by molar-refractivity contribution is 4.20. The predicted octanol–water partition coefficient (Wildman–Crippen LogP) is 0.387. The van der Waals surface area contributed by atoms with Gasteiger partial charge in [-0.1, -0.05) is 0 Å². The van der Waals surface area contributed by atoms with Crippen LogP contribution in [-0.2, 0) is 0 Å². The molecular formula is C3H8O. The van der Waals surface area contributed by atoms with E-state index in [4.69, 9.17) is 9.22 Å². The van der Waals surface area contributed by atoms with Crippen molar-refractivity contribution in [3.8, 4) is 0 Å². The Morgan fingerprint density at radius 2 is 2.75 bits per heavy atom. The molecule has 0 saturated carbocycles. The summed E-state index contributed by atoms with van der Waals surface area (Å²) in [4.78, 5) is 0. The van der Waals surface area contributed by atoms with Crippen LogP contribution >= 0.6 is 0 Å². The van der Waals surface area contributed by atoms with E-state index in [2.05, 4.69) is 0 Å². The second-order valence-corrected chi connectivity index (χ2v) is 0.641. The number of hydrogen-bond donors (Lipinski definition) is 1. The fourth-order valence-electron chi connectivity index (χ4n) is 0. The molecule has 0 aromatic carbocycles. The van der Waals surface area contributed by atoms with Crippen LogP contribution in [0.1, 0.15) is 17.9 Å². The van der Waals surface area contributed by atoms with Crippen molar-refractivity contribution in [3.05, 3.63) is 0 Å². The number of hydrogen-bond acceptors (Lipinski definition) is 1. The van der Waals surface area contributed by atoms with Gasteiger partial charge in [-0.15, -0.1) is 0 Å². The van der Waals surface area contributed by atoms with Crippen LogP contribution in [-0.4, -0.2) is 11.2 Å². The first-order valence-electron chi connectivity index (χ1n) is 2.67. The topological polar surface area (TPSA) is 20.2 Å². The van der Waals surface area contributed by atoms with Gasteiger partial charge in [0.2, 0.25) is 0 Å². The molecule has 0 heterocycles. The third-order valence-electron chi connectivity index (χ3n) is 0. The van der Waals surface area contributed by atoms with Gasteiger partial charge in [-0.3, -0.25) is 0 Å². The highest BCUT2D eigenvalue weighted by atomic mass is 16.3. The number of aliphatic hydroxyl groups is 1. The minimum absolute atomic E-state index is 1.11. The average molecular weight is 66.1 g/mol. The van der Waals surface area contributed by atoms with Crippen LogP contribution in [0.5, 0.6) is 0 Å². The lowest BCUT2D eigenvalue weighted by Crippen LogP contribution is -1.85. The quantitative estimate of drug-likeness (QED) is 0.433. The average Bonchev–Trinajstić information content (AvgIpc) is 1.31. The second-order valence-electron chi connectivity index (χ2n) is 0.641. The Morgan fingerprint density at radius 1 is 2.50 bits per heavy atom. The van der Waals surface area contributed by atoms with E-state index in [9.17, 15) is 0 Å². The minimum atomic E-state index is -1.92. The van der Waals surface area contributed by atoms with Crippen molar-refractivity contribution in [2.75, 3.05) is 0 Å². The van der Waals surface area contributed by atoms with E-state index in [-0.39, 0.29) is 0 Å². The van der Waals surface area contributed by atoms with Gasteiger partial charge in [0.25, 0.3) is 0 Å². The molecule has 0 aromatic heterocycles. The van der Waals surface area contributed by atoms with E-state index in [0.717, 1.165) is 6.92 Å². The Labute approximate surface area is 30.5 Å². The molecule has 0 amide bonds. The van der Waals surface area contributed by atoms with E-state index in [1.165, 1.54) is 0 Å². The standard InChI is InChI=1S/C3H8O/c1-3(2)4/h3-4H,1-2H3/i1T2,3T. The molecule has 26 valence electrons. The maximum absolute atomic E-state index is 8.39. The predicted molar refractivity (Wildman–Crippen MR) is 17.4 cm³/mol.